The number of primary amides is 1. The van der Waals surface area contributed by atoms with Crippen LogP contribution in [-0.2, 0) is 10.3 Å². The van der Waals surface area contributed by atoms with Crippen molar-refractivity contribution in [3.63, 3.8) is 0 Å². The van der Waals surface area contributed by atoms with Gasteiger partial charge >= 0.3 is 0 Å². The molecule has 1 aromatic heterocycles. The molecule has 0 unspecified atom stereocenters. The Morgan fingerprint density at radius 1 is 1.44 bits per heavy atom. The van der Waals surface area contributed by atoms with E-state index in [1.54, 1.807) is 25.3 Å². The molecule has 5 heteroatoms. The summed E-state index contributed by atoms with van der Waals surface area (Å²) < 4.78 is 1.61. The SMILES string of the molecule is Cc1c(C#N)c(N)n(C(C)(C)C(N)=O)c1C. The zero-order valence-corrected chi connectivity index (χ0v) is 9.96. The number of rotatable bonds is 2. The zero-order valence-electron chi connectivity index (χ0n) is 9.96. The Bertz CT molecular complexity index is 491. The van der Waals surface area contributed by atoms with Gasteiger partial charge in [-0.15, -0.1) is 0 Å². The lowest BCUT2D eigenvalue weighted by Gasteiger charge is -2.26. The van der Waals surface area contributed by atoms with Crippen molar-refractivity contribution < 1.29 is 4.79 Å². The second-order valence-electron chi connectivity index (χ2n) is 4.34. The molecule has 0 aliphatic rings. The normalized spacial score (nSPS) is 11.2. The van der Waals surface area contributed by atoms with Crippen LogP contribution in [0.4, 0.5) is 5.82 Å². The Morgan fingerprint density at radius 3 is 2.25 bits per heavy atom. The summed E-state index contributed by atoms with van der Waals surface area (Å²) in [6.07, 6.45) is 0. The maximum Gasteiger partial charge on any atom is 0.243 e. The first-order valence-corrected chi connectivity index (χ1v) is 4.93. The highest BCUT2D eigenvalue weighted by atomic mass is 16.1. The average Bonchev–Trinajstić information content (AvgIpc) is 2.38. The monoisotopic (exact) mass is 220 g/mol. The molecule has 0 fully saturated rings. The Labute approximate surface area is 94.6 Å². The number of nitrogens with two attached hydrogens (primary N) is 2. The van der Waals surface area contributed by atoms with Gasteiger partial charge in [0, 0.05) is 5.69 Å². The Kier molecular flexibility index (Phi) is 2.70. The highest BCUT2D eigenvalue weighted by Gasteiger charge is 2.32. The number of amides is 1. The number of hydrogen-bond acceptors (Lipinski definition) is 3. The van der Waals surface area contributed by atoms with Gasteiger partial charge in [-0.3, -0.25) is 4.79 Å². The average molecular weight is 220 g/mol. The van der Waals surface area contributed by atoms with Crippen LogP contribution in [0.1, 0.15) is 30.7 Å². The summed E-state index contributed by atoms with van der Waals surface area (Å²) in [5, 5.41) is 8.98. The number of anilines is 1. The molecule has 86 valence electrons. The summed E-state index contributed by atoms with van der Waals surface area (Å²) in [7, 11) is 0. The van der Waals surface area contributed by atoms with Crippen LogP contribution in [0.3, 0.4) is 0 Å². The minimum atomic E-state index is -0.936. The van der Waals surface area contributed by atoms with Crippen LogP contribution in [0.15, 0.2) is 0 Å². The quantitative estimate of drug-likeness (QED) is 0.770. The van der Waals surface area contributed by atoms with E-state index >= 15 is 0 Å². The summed E-state index contributed by atoms with van der Waals surface area (Å²) in [4.78, 5) is 11.4. The molecule has 0 saturated carbocycles. The van der Waals surface area contributed by atoms with Gasteiger partial charge in [-0.1, -0.05) is 0 Å². The van der Waals surface area contributed by atoms with Crippen LogP contribution in [0, 0.1) is 25.2 Å². The van der Waals surface area contributed by atoms with E-state index in [1.165, 1.54) is 0 Å². The number of aromatic nitrogens is 1. The van der Waals surface area contributed by atoms with E-state index in [0.29, 0.717) is 11.4 Å². The van der Waals surface area contributed by atoms with Crippen LogP contribution in [0.5, 0.6) is 0 Å². The minimum absolute atomic E-state index is 0.293. The summed E-state index contributed by atoms with van der Waals surface area (Å²) >= 11 is 0. The lowest BCUT2D eigenvalue weighted by Crippen LogP contribution is -2.42. The van der Waals surface area contributed by atoms with Crippen molar-refractivity contribution in [1.29, 1.82) is 5.26 Å². The van der Waals surface area contributed by atoms with Crippen LogP contribution in [0.2, 0.25) is 0 Å². The molecule has 16 heavy (non-hydrogen) atoms. The maximum absolute atomic E-state index is 11.4. The highest BCUT2D eigenvalue weighted by molar-refractivity contribution is 5.83. The fourth-order valence-corrected chi connectivity index (χ4v) is 1.80. The highest BCUT2D eigenvalue weighted by Crippen LogP contribution is 2.30. The molecule has 0 spiro atoms. The lowest BCUT2D eigenvalue weighted by molar-refractivity contribution is -0.125. The van der Waals surface area contributed by atoms with Crippen LogP contribution >= 0.6 is 0 Å². The number of carbonyl (C=O) groups is 1. The van der Waals surface area contributed by atoms with Crippen LogP contribution in [0.25, 0.3) is 0 Å². The second-order valence-corrected chi connectivity index (χ2v) is 4.34. The maximum atomic E-state index is 11.4. The fraction of sp³-hybridized carbons (Fsp3) is 0.455. The van der Waals surface area contributed by atoms with Gasteiger partial charge < -0.3 is 16.0 Å². The largest absolute Gasteiger partial charge is 0.384 e. The third-order valence-electron chi connectivity index (χ3n) is 3.02. The first kappa shape index (κ1) is 12.1. The number of nitrogen functional groups attached to an aromatic ring is 1. The van der Waals surface area contributed by atoms with Crippen LogP contribution in [-0.4, -0.2) is 10.5 Å². The molecule has 0 bridgehead atoms. The van der Waals surface area contributed by atoms with Crippen molar-refractivity contribution in [3.8, 4) is 6.07 Å². The van der Waals surface area contributed by atoms with Gasteiger partial charge in [-0.2, -0.15) is 5.26 Å². The van der Waals surface area contributed by atoms with Gasteiger partial charge in [0.05, 0.1) is 5.56 Å². The van der Waals surface area contributed by atoms with Crippen molar-refractivity contribution in [2.45, 2.75) is 33.2 Å². The molecule has 0 aromatic carbocycles. The third kappa shape index (κ3) is 1.43. The summed E-state index contributed by atoms with van der Waals surface area (Å²) in [6.45, 7) is 6.98. The Hall–Kier alpha value is -1.96. The van der Waals surface area contributed by atoms with E-state index in [0.717, 1.165) is 11.3 Å². The summed E-state index contributed by atoms with van der Waals surface area (Å²) in [5.74, 6) is -0.192. The molecule has 1 heterocycles. The predicted molar refractivity (Wildman–Crippen MR) is 61.5 cm³/mol. The predicted octanol–water partition coefficient (Wildman–Crippen LogP) is 0.779. The molecular formula is C11H16N4O. The fourth-order valence-electron chi connectivity index (χ4n) is 1.80. The van der Waals surface area contributed by atoms with Gasteiger partial charge in [-0.05, 0) is 33.3 Å². The molecule has 0 atom stereocenters. The van der Waals surface area contributed by atoms with Gasteiger partial charge in [0.15, 0.2) is 0 Å². The zero-order chi connectivity index (χ0) is 12.7. The van der Waals surface area contributed by atoms with Gasteiger partial charge in [0.2, 0.25) is 5.91 Å². The Morgan fingerprint density at radius 2 is 1.94 bits per heavy atom. The topological polar surface area (TPSA) is 97.8 Å². The van der Waals surface area contributed by atoms with Crippen molar-refractivity contribution >= 4 is 11.7 Å². The summed E-state index contributed by atoms with van der Waals surface area (Å²) in [5.41, 5.74) is 12.3. The van der Waals surface area contributed by atoms with Gasteiger partial charge in [0.25, 0.3) is 0 Å². The summed E-state index contributed by atoms with van der Waals surface area (Å²) in [6, 6.07) is 2.04. The molecule has 4 N–H and O–H groups in total. The molecule has 0 aliphatic carbocycles. The van der Waals surface area contributed by atoms with E-state index in [-0.39, 0.29) is 0 Å². The van der Waals surface area contributed by atoms with Crippen molar-refractivity contribution in [3.05, 3.63) is 16.8 Å². The molecule has 0 radical (unpaired) electrons. The Balaban J connectivity index is 3.61. The molecule has 1 amide bonds. The first-order chi connectivity index (χ1) is 7.25. The molecular weight excluding hydrogens is 204 g/mol. The third-order valence-corrected chi connectivity index (χ3v) is 3.02. The standard InChI is InChI=1S/C11H16N4O/c1-6-7(2)15(9(13)8(6)5-12)11(3,4)10(14)16/h13H2,1-4H3,(H2,14,16). The van der Waals surface area contributed by atoms with Crippen molar-refractivity contribution in [1.82, 2.24) is 4.57 Å². The van der Waals surface area contributed by atoms with E-state index in [2.05, 4.69) is 0 Å². The minimum Gasteiger partial charge on any atom is -0.384 e. The van der Waals surface area contributed by atoms with Gasteiger partial charge in [-0.25, -0.2) is 0 Å². The van der Waals surface area contributed by atoms with E-state index in [9.17, 15) is 4.79 Å². The molecule has 1 aromatic rings. The number of carbonyl (C=O) groups excluding carboxylic acids is 1. The number of nitriles is 1. The second kappa shape index (κ2) is 3.56. The van der Waals surface area contributed by atoms with Gasteiger partial charge in [0.1, 0.15) is 17.4 Å². The first-order valence-electron chi connectivity index (χ1n) is 4.93. The molecule has 1 rings (SSSR count). The smallest absolute Gasteiger partial charge is 0.243 e. The van der Waals surface area contributed by atoms with Crippen LogP contribution < -0.4 is 11.5 Å². The van der Waals surface area contributed by atoms with E-state index < -0.39 is 11.4 Å². The van der Waals surface area contributed by atoms with E-state index in [1.807, 2.05) is 13.0 Å². The lowest BCUT2D eigenvalue weighted by atomic mass is 10.0. The van der Waals surface area contributed by atoms with E-state index in [4.69, 9.17) is 16.7 Å². The number of nitrogens with zero attached hydrogens (tertiary/aromatic N) is 2. The number of hydrogen-bond donors (Lipinski definition) is 2. The molecule has 5 nitrogen and oxygen atoms in total. The molecule has 0 saturated heterocycles. The van der Waals surface area contributed by atoms with Crippen molar-refractivity contribution in [2.24, 2.45) is 5.73 Å². The molecule has 0 aliphatic heterocycles. The van der Waals surface area contributed by atoms with Crippen molar-refractivity contribution in [2.75, 3.05) is 5.73 Å².